The van der Waals surface area contributed by atoms with E-state index in [9.17, 15) is 14.7 Å². The van der Waals surface area contributed by atoms with Crippen LogP contribution < -0.4 is 15.2 Å². The Morgan fingerprint density at radius 1 is 1.03 bits per heavy atom. The van der Waals surface area contributed by atoms with E-state index >= 15 is 0 Å². The molecule has 0 radical (unpaired) electrons. The molecule has 3 heterocycles. The zero-order valence-electron chi connectivity index (χ0n) is 18.3. The Balaban J connectivity index is 1.81. The van der Waals surface area contributed by atoms with Gasteiger partial charge in [-0.1, -0.05) is 61.5 Å². The average molecular weight is 444 g/mol. The number of aromatic nitrogens is 1. The minimum absolute atomic E-state index is 0.0285. The molecule has 0 spiro atoms. The van der Waals surface area contributed by atoms with Gasteiger partial charge in [0.15, 0.2) is 11.4 Å². The van der Waals surface area contributed by atoms with Gasteiger partial charge in [-0.2, -0.15) is 0 Å². The smallest absolute Gasteiger partial charge is 0.278 e. The van der Waals surface area contributed by atoms with Crippen LogP contribution in [0.5, 0.6) is 11.5 Å². The summed E-state index contributed by atoms with van der Waals surface area (Å²) in [6.45, 7) is 2.64. The number of hydrogen-bond donors (Lipinski definition) is 1. The lowest BCUT2D eigenvalue weighted by Gasteiger charge is -2.45. The van der Waals surface area contributed by atoms with Crippen LogP contribution in [0.2, 0.25) is 0 Å². The average Bonchev–Trinajstić information content (AvgIpc) is 2.87. The van der Waals surface area contributed by atoms with E-state index in [-0.39, 0.29) is 30.4 Å². The van der Waals surface area contributed by atoms with Crippen molar-refractivity contribution < 1.29 is 14.6 Å². The van der Waals surface area contributed by atoms with Gasteiger partial charge in [-0.3, -0.25) is 19.3 Å². The highest BCUT2D eigenvalue weighted by Gasteiger charge is 2.39. The van der Waals surface area contributed by atoms with Crippen LogP contribution in [0.1, 0.15) is 41.0 Å². The molecule has 2 aromatic carbocycles. The van der Waals surface area contributed by atoms with Crippen LogP contribution in [-0.4, -0.2) is 39.9 Å². The predicted octanol–water partition coefficient (Wildman–Crippen LogP) is 3.42. The maximum Gasteiger partial charge on any atom is 0.278 e. The third-order valence-electron chi connectivity index (χ3n) is 6.23. The highest BCUT2D eigenvalue weighted by molar-refractivity contribution is 5.96. The first-order valence-corrected chi connectivity index (χ1v) is 11.1. The highest BCUT2D eigenvalue weighted by Crippen LogP contribution is 2.37. The second kappa shape index (κ2) is 8.50. The quantitative estimate of drug-likeness (QED) is 0.615. The normalized spacial score (nSPS) is 20.8. The number of carbonyl (C=O) groups is 1. The molecule has 2 atom stereocenters. The summed E-state index contributed by atoms with van der Waals surface area (Å²) >= 11 is 0. The maximum atomic E-state index is 13.5. The summed E-state index contributed by atoms with van der Waals surface area (Å²) in [5.41, 5.74) is 1.31. The summed E-state index contributed by atoms with van der Waals surface area (Å²) in [5, 5.41) is 12.7. The van der Waals surface area contributed by atoms with Gasteiger partial charge in [0.2, 0.25) is 5.43 Å². The van der Waals surface area contributed by atoms with Gasteiger partial charge in [-0.05, 0) is 24.1 Å². The van der Waals surface area contributed by atoms with Crippen molar-refractivity contribution >= 4 is 5.91 Å². The summed E-state index contributed by atoms with van der Waals surface area (Å²) in [4.78, 5) is 27.5. The standard InChI is InChI=1S/C26H25N3O4/c1-2-19-11-8-16-33-22-13-7-6-12-20(22)23(18-9-4-3-5-10-18)29-17-27(19)26(32)24-25(31)21(30)14-15-28(24)29/h3-15,19,23,31H,2,16-17H2,1H3/b11-8-/t19-,23-/m0/s1. The van der Waals surface area contributed by atoms with Gasteiger partial charge in [-0.15, -0.1) is 0 Å². The van der Waals surface area contributed by atoms with Crippen molar-refractivity contribution in [3.8, 4) is 11.5 Å². The lowest BCUT2D eigenvalue weighted by atomic mass is 9.97. The zero-order valence-corrected chi connectivity index (χ0v) is 18.3. The molecule has 0 fully saturated rings. The summed E-state index contributed by atoms with van der Waals surface area (Å²) in [6, 6.07) is 18.5. The van der Waals surface area contributed by atoms with Crippen LogP contribution >= 0.6 is 0 Å². The number of carbonyl (C=O) groups excluding carboxylic acids is 1. The first-order chi connectivity index (χ1) is 16.1. The van der Waals surface area contributed by atoms with Crippen molar-refractivity contribution in [1.29, 1.82) is 0 Å². The van der Waals surface area contributed by atoms with E-state index < -0.39 is 11.2 Å². The molecule has 0 aliphatic carbocycles. The van der Waals surface area contributed by atoms with Crippen LogP contribution in [0.4, 0.5) is 0 Å². The van der Waals surface area contributed by atoms with Gasteiger partial charge in [0.25, 0.3) is 5.91 Å². The molecule has 33 heavy (non-hydrogen) atoms. The Labute approximate surface area is 191 Å². The lowest BCUT2D eigenvalue weighted by molar-refractivity contribution is 0.0626. The molecule has 0 saturated heterocycles. The van der Waals surface area contributed by atoms with Gasteiger partial charge in [0.1, 0.15) is 25.1 Å². The largest absolute Gasteiger partial charge is 0.502 e. The first kappa shape index (κ1) is 20.9. The van der Waals surface area contributed by atoms with Gasteiger partial charge >= 0.3 is 0 Å². The minimum Gasteiger partial charge on any atom is -0.502 e. The molecule has 1 aromatic heterocycles. The van der Waals surface area contributed by atoms with Crippen LogP contribution in [0, 0.1) is 0 Å². The minimum atomic E-state index is -0.579. The summed E-state index contributed by atoms with van der Waals surface area (Å²) in [5.74, 6) is -0.179. The second-order valence-electron chi connectivity index (χ2n) is 8.14. The topological polar surface area (TPSA) is 75.0 Å². The van der Waals surface area contributed by atoms with Crippen molar-refractivity contribution in [1.82, 2.24) is 9.58 Å². The van der Waals surface area contributed by atoms with E-state index in [4.69, 9.17) is 4.74 Å². The third-order valence-corrected chi connectivity index (χ3v) is 6.23. The molecule has 168 valence electrons. The lowest BCUT2D eigenvalue weighted by Crippen LogP contribution is -2.57. The fraction of sp³-hybridized carbons (Fsp3) is 0.231. The number of rotatable bonds is 2. The number of ether oxygens (including phenoxy) is 1. The molecule has 0 saturated carbocycles. The van der Waals surface area contributed by atoms with Crippen LogP contribution in [-0.2, 0) is 0 Å². The summed E-state index contributed by atoms with van der Waals surface area (Å²) in [7, 11) is 0. The van der Waals surface area contributed by atoms with E-state index in [0.717, 1.165) is 16.9 Å². The second-order valence-corrected chi connectivity index (χ2v) is 8.14. The van der Waals surface area contributed by atoms with E-state index in [1.54, 1.807) is 15.8 Å². The third kappa shape index (κ3) is 3.55. The van der Waals surface area contributed by atoms with Crippen LogP contribution in [0.15, 0.2) is 83.8 Å². The molecular formula is C26H25N3O4. The molecule has 1 amide bonds. The maximum absolute atomic E-state index is 13.5. The number of benzene rings is 2. The first-order valence-electron chi connectivity index (χ1n) is 11.1. The Bertz CT molecular complexity index is 1270. The number of hydrogen-bond acceptors (Lipinski definition) is 5. The molecule has 2 bridgehead atoms. The SMILES string of the molecule is CC[C@H]1/C=C\COc2ccccc2[C@H](c2ccccc2)N2CN1C(=O)c1c(O)c(=O)ccn12. The fourth-order valence-corrected chi connectivity index (χ4v) is 4.61. The van der Waals surface area contributed by atoms with E-state index in [0.29, 0.717) is 13.0 Å². The number of nitrogens with zero attached hydrogens (tertiary/aromatic N) is 3. The van der Waals surface area contributed by atoms with Gasteiger partial charge in [-0.25, -0.2) is 0 Å². The highest BCUT2D eigenvalue weighted by atomic mass is 16.5. The van der Waals surface area contributed by atoms with Gasteiger partial charge in [0.05, 0.1) is 6.04 Å². The van der Waals surface area contributed by atoms with E-state index in [2.05, 4.69) is 0 Å². The van der Waals surface area contributed by atoms with Crippen molar-refractivity contribution in [3.63, 3.8) is 0 Å². The molecule has 7 nitrogen and oxygen atoms in total. The molecule has 7 heteroatoms. The number of aromatic hydroxyl groups is 1. The van der Waals surface area contributed by atoms with Crippen molar-refractivity contribution in [2.75, 3.05) is 18.3 Å². The van der Waals surface area contributed by atoms with E-state index in [1.165, 1.54) is 6.07 Å². The van der Waals surface area contributed by atoms with Gasteiger partial charge in [0, 0.05) is 17.8 Å². The predicted molar refractivity (Wildman–Crippen MR) is 125 cm³/mol. The molecule has 2 aliphatic heterocycles. The fourth-order valence-electron chi connectivity index (χ4n) is 4.61. The van der Waals surface area contributed by atoms with Crippen molar-refractivity contribution in [3.05, 3.63) is 106 Å². The Morgan fingerprint density at radius 3 is 2.58 bits per heavy atom. The number of para-hydroxylation sites is 1. The number of fused-ring (bicyclic) bond motifs is 5. The zero-order chi connectivity index (χ0) is 22.9. The summed E-state index contributed by atoms with van der Waals surface area (Å²) < 4.78 is 7.75. The molecule has 5 rings (SSSR count). The number of pyridine rings is 1. The summed E-state index contributed by atoms with van der Waals surface area (Å²) in [6.07, 6.45) is 6.10. The molecular weight excluding hydrogens is 418 g/mol. The van der Waals surface area contributed by atoms with Crippen LogP contribution in [0.25, 0.3) is 0 Å². The number of amides is 1. The molecule has 0 unspecified atom stereocenters. The molecule has 2 aliphatic rings. The van der Waals surface area contributed by atoms with Gasteiger partial charge < -0.3 is 14.7 Å². The van der Waals surface area contributed by atoms with Crippen molar-refractivity contribution in [2.45, 2.75) is 25.4 Å². The van der Waals surface area contributed by atoms with Crippen molar-refractivity contribution in [2.24, 2.45) is 0 Å². The Morgan fingerprint density at radius 2 is 1.79 bits per heavy atom. The van der Waals surface area contributed by atoms with Crippen LogP contribution in [0.3, 0.4) is 0 Å². The molecule has 1 N–H and O–H groups in total. The monoisotopic (exact) mass is 443 g/mol. The Kier molecular flexibility index (Phi) is 5.38. The molecule has 3 aromatic rings. The van der Waals surface area contributed by atoms with E-state index in [1.807, 2.05) is 78.7 Å². The Hall–Kier alpha value is -4.00.